The zero-order chi connectivity index (χ0) is 21.6. The highest BCUT2D eigenvalue weighted by atomic mass is 16.6. The van der Waals surface area contributed by atoms with E-state index in [1.54, 1.807) is 11.0 Å². The van der Waals surface area contributed by atoms with Crippen LogP contribution >= 0.6 is 0 Å². The zero-order valence-electron chi connectivity index (χ0n) is 17.9. The monoisotopic (exact) mass is 403 g/mol. The van der Waals surface area contributed by atoms with Crippen LogP contribution in [0.3, 0.4) is 0 Å². The minimum atomic E-state index is -0.481. The van der Waals surface area contributed by atoms with Crippen LogP contribution in [-0.4, -0.2) is 47.5 Å². The Morgan fingerprint density at radius 3 is 2.41 bits per heavy atom. The Balaban J connectivity index is 1.89. The van der Waals surface area contributed by atoms with E-state index in [1.807, 2.05) is 32.9 Å². The lowest BCUT2D eigenvalue weighted by Crippen LogP contribution is -2.50. The van der Waals surface area contributed by atoms with Gasteiger partial charge >= 0.3 is 6.09 Å². The van der Waals surface area contributed by atoms with Crippen molar-refractivity contribution in [1.82, 2.24) is 15.5 Å². The number of hydrogen-bond donors (Lipinski definition) is 2. The van der Waals surface area contributed by atoms with E-state index >= 15 is 0 Å². The van der Waals surface area contributed by atoms with Crippen LogP contribution in [0.2, 0.25) is 0 Å². The quantitative estimate of drug-likeness (QED) is 0.544. The summed E-state index contributed by atoms with van der Waals surface area (Å²) in [7, 11) is 0. The number of rotatable bonds is 5. The van der Waals surface area contributed by atoms with Crippen LogP contribution in [0.15, 0.2) is 36.1 Å². The molecular formula is C22H33N3O4. The third-order valence-corrected chi connectivity index (χ3v) is 5.12. The van der Waals surface area contributed by atoms with Gasteiger partial charge in [-0.05, 0) is 65.0 Å². The summed E-state index contributed by atoms with van der Waals surface area (Å²) in [4.78, 5) is 37.1. The van der Waals surface area contributed by atoms with Crippen LogP contribution in [-0.2, 0) is 14.3 Å². The van der Waals surface area contributed by atoms with Crippen molar-refractivity contribution in [3.05, 3.63) is 36.1 Å². The lowest BCUT2D eigenvalue weighted by molar-refractivity contribution is -0.134. The summed E-state index contributed by atoms with van der Waals surface area (Å²) in [5, 5.41) is 5.49. The lowest BCUT2D eigenvalue weighted by atomic mass is 9.90. The Bertz CT molecular complexity index is 710. The highest BCUT2D eigenvalue weighted by molar-refractivity contribution is 6.00. The van der Waals surface area contributed by atoms with Crippen LogP contribution in [0.25, 0.3) is 0 Å². The molecule has 1 atom stereocenters. The maximum Gasteiger partial charge on any atom is 0.410 e. The molecule has 0 spiro atoms. The van der Waals surface area contributed by atoms with Crippen LogP contribution in [0.5, 0.6) is 0 Å². The normalized spacial score (nSPS) is 22.2. The Hall–Kier alpha value is -2.57. The van der Waals surface area contributed by atoms with Gasteiger partial charge in [0.15, 0.2) is 0 Å². The van der Waals surface area contributed by atoms with Gasteiger partial charge in [0.1, 0.15) is 11.6 Å². The van der Waals surface area contributed by atoms with Crippen LogP contribution < -0.4 is 10.6 Å². The Kier molecular flexibility index (Phi) is 7.65. The average molecular weight is 404 g/mol. The summed E-state index contributed by atoms with van der Waals surface area (Å²) in [5.74, 6) is -0.138. The molecule has 0 aliphatic carbocycles. The van der Waals surface area contributed by atoms with Gasteiger partial charge in [0.25, 0.3) is 0 Å². The van der Waals surface area contributed by atoms with E-state index in [-0.39, 0.29) is 17.9 Å². The first-order chi connectivity index (χ1) is 13.6. The number of carbonyl (C=O) groups excluding carboxylic acids is 3. The molecular weight excluding hydrogens is 370 g/mol. The summed E-state index contributed by atoms with van der Waals surface area (Å²) >= 11 is 0. The predicted molar refractivity (Wildman–Crippen MR) is 112 cm³/mol. The summed E-state index contributed by atoms with van der Waals surface area (Å²) in [6, 6.07) is -0.428. The van der Waals surface area contributed by atoms with E-state index < -0.39 is 11.6 Å². The van der Waals surface area contributed by atoms with Crippen molar-refractivity contribution in [3.8, 4) is 0 Å². The second kappa shape index (κ2) is 9.76. The maximum atomic E-state index is 12.2. The first-order valence-electron chi connectivity index (χ1n) is 10.2. The van der Waals surface area contributed by atoms with Crippen LogP contribution in [0.4, 0.5) is 4.79 Å². The number of carbonyl (C=O) groups is 3. The fourth-order valence-electron chi connectivity index (χ4n) is 3.41. The first-order valence-corrected chi connectivity index (χ1v) is 10.2. The van der Waals surface area contributed by atoms with Gasteiger partial charge in [0.05, 0.1) is 0 Å². The fourth-order valence-corrected chi connectivity index (χ4v) is 3.41. The van der Waals surface area contributed by atoms with Crippen molar-refractivity contribution in [1.29, 1.82) is 0 Å². The van der Waals surface area contributed by atoms with Gasteiger partial charge in [-0.15, -0.1) is 0 Å². The molecule has 2 aliphatic heterocycles. The number of likely N-dealkylation sites (tertiary alicyclic amines) is 1. The van der Waals surface area contributed by atoms with Gasteiger partial charge in [0, 0.05) is 25.2 Å². The van der Waals surface area contributed by atoms with Crippen molar-refractivity contribution < 1.29 is 19.1 Å². The molecule has 0 aromatic rings. The number of amides is 3. The molecule has 2 N–H and O–H groups in total. The van der Waals surface area contributed by atoms with Gasteiger partial charge in [0.2, 0.25) is 11.8 Å². The molecule has 160 valence electrons. The standard InChI is InChI=1S/C22H33N3O4/c1-6-17(23-18-9-10-19(26)24-20(18)27)8-7-15(2)16-11-13-25(14-12-16)21(28)29-22(3,4)5/h6-8,16,18,23H,1,9-14H2,2-5H3,(H,24,26,27)/b15-7+,17-8+. The fraction of sp³-hybridized carbons (Fsp3) is 0.591. The summed E-state index contributed by atoms with van der Waals surface area (Å²) in [6.07, 6.45) is 7.94. The van der Waals surface area contributed by atoms with Crippen LogP contribution in [0, 0.1) is 5.92 Å². The Morgan fingerprint density at radius 1 is 1.21 bits per heavy atom. The molecule has 2 heterocycles. The van der Waals surface area contributed by atoms with E-state index in [0.29, 0.717) is 31.8 Å². The molecule has 0 saturated carbocycles. The summed E-state index contributed by atoms with van der Waals surface area (Å²) < 4.78 is 5.44. The third kappa shape index (κ3) is 7.07. The first kappa shape index (κ1) is 22.7. The molecule has 29 heavy (non-hydrogen) atoms. The smallest absolute Gasteiger partial charge is 0.410 e. The molecule has 3 amide bonds. The van der Waals surface area contributed by atoms with Crippen molar-refractivity contribution in [2.45, 2.75) is 65.0 Å². The largest absolute Gasteiger partial charge is 0.444 e. The Morgan fingerprint density at radius 2 is 1.86 bits per heavy atom. The minimum absolute atomic E-state index is 0.231. The van der Waals surface area contributed by atoms with E-state index in [1.165, 1.54) is 5.57 Å². The van der Waals surface area contributed by atoms with Crippen molar-refractivity contribution in [2.24, 2.45) is 5.92 Å². The highest BCUT2D eigenvalue weighted by Crippen LogP contribution is 2.25. The second-order valence-electron chi connectivity index (χ2n) is 8.63. The number of imide groups is 1. The zero-order valence-corrected chi connectivity index (χ0v) is 17.9. The van der Waals surface area contributed by atoms with E-state index in [0.717, 1.165) is 18.5 Å². The van der Waals surface area contributed by atoms with E-state index in [9.17, 15) is 14.4 Å². The van der Waals surface area contributed by atoms with Gasteiger partial charge in [-0.2, -0.15) is 0 Å². The molecule has 2 aliphatic rings. The summed E-state index contributed by atoms with van der Waals surface area (Å²) in [5.41, 5.74) is 1.48. The molecule has 2 fully saturated rings. The molecule has 0 bridgehead atoms. The lowest BCUT2D eigenvalue weighted by Gasteiger charge is -2.33. The SMILES string of the molecule is C=C/C(=C\C=C(/C)C1CCN(C(=O)OC(C)(C)C)CC1)NC1CCC(=O)NC1=O. The van der Waals surface area contributed by atoms with Gasteiger partial charge in [-0.1, -0.05) is 18.2 Å². The number of nitrogens with one attached hydrogen (secondary N) is 2. The number of allylic oxidation sites excluding steroid dienone is 4. The number of nitrogens with zero attached hydrogens (tertiary/aromatic N) is 1. The minimum Gasteiger partial charge on any atom is -0.444 e. The van der Waals surface area contributed by atoms with Gasteiger partial charge in [-0.25, -0.2) is 4.79 Å². The molecule has 7 heteroatoms. The number of piperidine rings is 2. The third-order valence-electron chi connectivity index (χ3n) is 5.12. The average Bonchev–Trinajstić information content (AvgIpc) is 2.65. The molecule has 2 rings (SSSR count). The molecule has 0 radical (unpaired) electrons. The topological polar surface area (TPSA) is 87.7 Å². The Labute approximate surface area is 173 Å². The van der Waals surface area contributed by atoms with Crippen LogP contribution in [0.1, 0.15) is 53.4 Å². The molecule has 0 aromatic carbocycles. The van der Waals surface area contributed by atoms with Gasteiger partial charge in [-0.3, -0.25) is 14.9 Å². The maximum absolute atomic E-state index is 12.2. The highest BCUT2D eigenvalue weighted by Gasteiger charge is 2.28. The summed E-state index contributed by atoms with van der Waals surface area (Å²) in [6.45, 7) is 12.9. The molecule has 0 aromatic heterocycles. The van der Waals surface area contributed by atoms with Crippen molar-refractivity contribution in [3.63, 3.8) is 0 Å². The number of hydrogen-bond acceptors (Lipinski definition) is 5. The van der Waals surface area contributed by atoms with Crippen molar-refractivity contribution in [2.75, 3.05) is 13.1 Å². The molecule has 1 unspecified atom stereocenters. The van der Waals surface area contributed by atoms with E-state index in [2.05, 4.69) is 24.1 Å². The van der Waals surface area contributed by atoms with Gasteiger partial charge < -0.3 is 15.0 Å². The molecule has 2 saturated heterocycles. The predicted octanol–water partition coefficient (Wildman–Crippen LogP) is 3.04. The van der Waals surface area contributed by atoms with E-state index in [4.69, 9.17) is 4.74 Å². The van der Waals surface area contributed by atoms with Crippen molar-refractivity contribution >= 4 is 17.9 Å². The second-order valence-corrected chi connectivity index (χ2v) is 8.63. The molecule has 7 nitrogen and oxygen atoms in total. The number of ether oxygens (including phenoxy) is 1.